The van der Waals surface area contributed by atoms with Crippen LogP contribution >= 0.6 is 0 Å². The average molecular weight is 158 g/mol. The van der Waals surface area contributed by atoms with E-state index in [0.29, 0.717) is 6.61 Å². The molecule has 0 spiro atoms. The van der Waals surface area contributed by atoms with Gasteiger partial charge >= 0.3 is 5.97 Å². The number of aliphatic hydroxyl groups is 1. The lowest BCUT2D eigenvalue weighted by Gasteiger charge is -2.17. The van der Waals surface area contributed by atoms with E-state index in [1.165, 1.54) is 13.2 Å². The molecule has 1 unspecified atom stereocenters. The third-order valence-corrected chi connectivity index (χ3v) is 1.54. The van der Waals surface area contributed by atoms with Crippen molar-refractivity contribution in [3.05, 3.63) is 11.8 Å². The number of aliphatic hydroxyl groups excluding tert-OH is 1. The molecule has 0 aromatic carbocycles. The van der Waals surface area contributed by atoms with Gasteiger partial charge in [-0.25, -0.2) is 0 Å². The fourth-order valence-electron chi connectivity index (χ4n) is 0.889. The minimum absolute atomic E-state index is 0.0445. The number of carbonyl (C=O) groups excluding carboxylic acids is 1. The summed E-state index contributed by atoms with van der Waals surface area (Å²) < 4.78 is 9.38. The highest BCUT2D eigenvalue weighted by atomic mass is 16.5. The van der Waals surface area contributed by atoms with E-state index >= 15 is 0 Å². The molecule has 4 nitrogen and oxygen atoms in total. The molecular formula is C7H10O4. The summed E-state index contributed by atoms with van der Waals surface area (Å²) >= 11 is 0. The highest BCUT2D eigenvalue weighted by Gasteiger charge is 2.25. The van der Waals surface area contributed by atoms with Crippen LogP contribution in [0.5, 0.6) is 0 Å². The van der Waals surface area contributed by atoms with E-state index in [9.17, 15) is 4.79 Å². The lowest BCUT2D eigenvalue weighted by molar-refractivity contribution is -0.147. The Labute approximate surface area is 64.4 Å². The molecule has 0 amide bonds. The van der Waals surface area contributed by atoms with Crippen molar-refractivity contribution < 1.29 is 19.4 Å². The molecule has 0 aromatic rings. The van der Waals surface area contributed by atoms with Gasteiger partial charge in [0.1, 0.15) is 11.7 Å². The zero-order valence-corrected chi connectivity index (χ0v) is 6.24. The molecule has 11 heavy (non-hydrogen) atoms. The first-order valence-electron chi connectivity index (χ1n) is 3.30. The second kappa shape index (κ2) is 3.39. The van der Waals surface area contributed by atoms with E-state index in [0.717, 1.165) is 0 Å². The van der Waals surface area contributed by atoms with E-state index in [2.05, 4.69) is 4.74 Å². The maximum absolute atomic E-state index is 10.9. The summed E-state index contributed by atoms with van der Waals surface area (Å²) in [4.78, 5) is 10.9. The lowest BCUT2D eigenvalue weighted by Crippen LogP contribution is -2.27. The smallest absolute Gasteiger partial charge is 0.318 e. The van der Waals surface area contributed by atoms with Gasteiger partial charge in [-0.15, -0.1) is 0 Å². The minimum atomic E-state index is -0.631. The van der Waals surface area contributed by atoms with Crippen molar-refractivity contribution in [1.82, 2.24) is 0 Å². The van der Waals surface area contributed by atoms with Gasteiger partial charge in [-0.1, -0.05) is 0 Å². The molecule has 62 valence electrons. The Morgan fingerprint density at radius 3 is 3.18 bits per heavy atom. The van der Waals surface area contributed by atoms with Crippen LogP contribution in [0.4, 0.5) is 0 Å². The van der Waals surface area contributed by atoms with Gasteiger partial charge in [-0.05, 0) is 6.08 Å². The Hall–Kier alpha value is -1.03. The van der Waals surface area contributed by atoms with Crippen molar-refractivity contribution in [3.8, 4) is 0 Å². The molecule has 4 heteroatoms. The van der Waals surface area contributed by atoms with Crippen molar-refractivity contribution in [1.29, 1.82) is 0 Å². The molecule has 0 radical (unpaired) electrons. The van der Waals surface area contributed by atoms with Gasteiger partial charge in [0, 0.05) is 0 Å². The Morgan fingerprint density at radius 2 is 2.64 bits per heavy atom. The molecule has 0 fully saturated rings. The van der Waals surface area contributed by atoms with E-state index in [1.807, 2.05) is 0 Å². The van der Waals surface area contributed by atoms with Crippen LogP contribution in [0.1, 0.15) is 0 Å². The standard InChI is InChI=1S/C7H10O4/c1-10-7(9)5-4-11-3-2-6(5)8/h2,5,8H,3-4H2,1H3. The van der Waals surface area contributed by atoms with Crippen LogP contribution in [0.15, 0.2) is 11.8 Å². The summed E-state index contributed by atoms with van der Waals surface area (Å²) in [5, 5.41) is 9.15. The summed E-state index contributed by atoms with van der Waals surface area (Å²) in [6, 6.07) is 0. The predicted molar refractivity (Wildman–Crippen MR) is 37.0 cm³/mol. The number of esters is 1. The molecule has 0 aromatic heterocycles. The van der Waals surface area contributed by atoms with E-state index in [-0.39, 0.29) is 12.4 Å². The molecule has 1 N–H and O–H groups in total. The second-order valence-corrected chi connectivity index (χ2v) is 2.24. The van der Waals surface area contributed by atoms with Gasteiger partial charge in [-0.2, -0.15) is 0 Å². The first-order chi connectivity index (χ1) is 5.25. The average Bonchev–Trinajstić information content (AvgIpc) is 2.04. The van der Waals surface area contributed by atoms with Crippen LogP contribution in [0, 0.1) is 5.92 Å². The maximum Gasteiger partial charge on any atom is 0.318 e. The van der Waals surface area contributed by atoms with E-state index in [1.54, 1.807) is 0 Å². The van der Waals surface area contributed by atoms with Gasteiger partial charge < -0.3 is 14.6 Å². The first kappa shape index (κ1) is 8.07. The third-order valence-electron chi connectivity index (χ3n) is 1.54. The summed E-state index contributed by atoms with van der Waals surface area (Å²) in [6.07, 6.45) is 1.46. The fraction of sp³-hybridized carbons (Fsp3) is 0.571. The SMILES string of the molecule is COC(=O)C1COCC=C1O. The maximum atomic E-state index is 10.9. The molecule has 1 rings (SSSR count). The normalized spacial score (nSPS) is 24.1. The van der Waals surface area contributed by atoms with Crippen LogP contribution in [-0.4, -0.2) is 31.4 Å². The van der Waals surface area contributed by atoms with Crippen LogP contribution in [-0.2, 0) is 14.3 Å². The summed E-state index contributed by atoms with van der Waals surface area (Å²) in [7, 11) is 1.28. The van der Waals surface area contributed by atoms with Crippen molar-refractivity contribution in [2.45, 2.75) is 0 Å². The number of rotatable bonds is 1. The molecule has 0 saturated heterocycles. The molecule has 1 aliphatic heterocycles. The second-order valence-electron chi connectivity index (χ2n) is 2.24. The summed E-state index contributed by atoms with van der Waals surface area (Å²) in [5.41, 5.74) is 0. The first-order valence-corrected chi connectivity index (χ1v) is 3.30. The molecule has 1 aliphatic rings. The monoisotopic (exact) mass is 158 g/mol. The van der Waals surface area contributed by atoms with E-state index in [4.69, 9.17) is 9.84 Å². The number of carbonyl (C=O) groups is 1. The van der Waals surface area contributed by atoms with Crippen molar-refractivity contribution in [2.75, 3.05) is 20.3 Å². The molecule has 1 heterocycles. The lowest BCUT2D eigenvalue weighted by atomic mass is 10.1. The molecule has 1 atom stereocenters. The zero-order chi connectivity index (χ0) is 8.27. The number of methoxy groups -OCH3 is 1. The molecule has 0 saturated carbocycles. The molecule has 0 aliphatic carbocycles. The molecular weight excluding hydrogens is 148 g/mol. The van der Waals surface area contributed by atoms with Gasteiger partial charge in [0.2, 0.25) is 0 Å². The summed E-state index contributed by atoms with van der Waals surface area (Å²) in [5.74, 6) is -1.05. The van der Waals surface area contributed by atoms with E-state index < -0.39 is 11.9 Å². The van der Waals surface area contributed by atoms with Gasteiger partial charge in [0.25, 0.3) is 0 Å². The Balaban J connectivity index is 2.63. The van der Waals surface area contributed by atoms with Crippen LogP contribution in [0.25, 0.3) is 0 Å². The Morgan fingerprint density at radius 1 is 1.91 bits per heavy atom. The largest absolute Gasteiger partial charge is 0.512 e. The van der Waals surface area contributed by atoms with Crippen LogP contribution < -0.4 is 0 Å². The van der Waals surface area contributed by atoms with Crippen LogP contribution in [0.3, 0.4) is 0 Å². The highest BCUT2D eigenvalue weighted by Crippen LogP contribution is 2.14. The topological polar surface area (TPSA) is 55.8 Å². The molecule has 0 bridgehead atoms. The number of ether oxygens (including phenoxy) is 2. The number of hydrogen-bond donors (Lipinski definition) is 1. The quantitative estimate of drug-likeness (QED) is 0.556. The zero-order valence-electron chi connectivity index (χ0n) is 6.24. The fourth-order valence-corrected chi connectivity index (χ4v) is 0.889. The van der Waals surface area contributed by atoms with Gasteiger partial charge in [0.05, 0.1) is 20.3 Å². The number of hydrogen-bond acceptors (Lipinski definition) is 4. The van der Waals surface area contributed by atoms with Crippen molar-refractivity contribution >= 4 is 5.97 Å². The third kappa shape index (κ3) is 1.71. The van der Waals surface area contributed by atoms with Crippen LogP contribution in [0.2, 0.25) is 0 Å². The van der Waals surface area contributed by atoms with Gasteiger partial charge in [-0.3, -0.25) is 4.79 Å². The summed E-state index contributed by atoms with van der Waals surface area (Å²) in [6.45, 7) is 0.564. The van der Waals surface area contributed by atoms with Crippen molar-refractivity contribution in [3.63, 3.8) is 0 Å². The van der Waals surface area contributed by atoms with Crippen molar-refractivity contribution in [2.24, 2.45) is 5.92 Å². The van der Waals surface area contributed by atoms with Gasteiger partial charge in [0.15, 0.2) is 0 Å². The Kier molecular flexibility index (Phi) is 2.48. The highest BCUT2D eigenvalue weighted by molar-refractivity contribution is 5.75. The predicted octanol–water partition coefficient (Wildman–Crippen LogP) is 0.248. The minimum Gasteiger partial charge on any atom is -0.512 e. The Bertz CT molecular complexity index is 185.